The van der Waals surface area contributed by atoms with Crippen molar-refractivity contribution in [2.75, 3.05) is 31.6 Å². The molecule has 0 aliphatic carbocycles. The number of likely N-dealkylation sites (tertiary alicyclic amines) is 1. The summed E-state index contributed by atoms with van der Waals surface area (Å²) in [4.78, 5) is 18.8. The second kappa shape index (κ2) is 7.84. The third kappa shape index (κ3) is 4.24. The molecule has 2 aromatic rings. The molecule has 2 aliphatic rings. The minimum Gasteiger partial charge on any atom is -0.380 e. The molecule has 27 heavy (non-hydrogen) atoms. The highest BCUT2D eigenvalue weighted by Crippen LogP contribution is 2.31. The molecule has 0 atom stereocenters. The summed E-state index contributed by atoms with van der Waals surface area (Å²) in [5.41, 5.74) is 2.45. The summed E-state index contributed by atoms with van der Waals surface area (Å²) < 4.78 is 11.4. The molecule has 0 saturated carbocycles. The predicted octanol–water partition coefficient (Wildman–Crippen LogP) is 3.33. The molecule has 0 radical (unpaired) electrons. The Bertz CT molecular complexity index is 779. The largest absolute Gasteiger partial charge is 0.380 e. The van der Waals surface area contributed by atoms with E-state index < -0.39 is 5.79 Å². The van der Waals surface area contributed by atoms with Crippen molar-refractivity contribution in [3.8, 4) is 0 Å². The van der Waals surface area contributed by atoms with E-state index in [1.165, 1.54) is 0 Å². The zero-order valence-corrected chi connectivity index (χ0v) is 15.7. The van der Waals surface area contributed by atoms with Gasteiger partial charge in [0.2, 0.25) is 0 Å². The molecule has 3 heterocycles. The fourth-order valence-electron chi connectivity index (χ4n) is 3.43. The summed E-state index contributed by atoms with van der Waals surface area (Å²) in [5.74, 6) is -0.522. The Morgan fingerprint density at radius 3 is 2.44 bits per heavy atom. The molecule has 142 valence electrons. The van der Waals surface area contributed by atoms with Gasteiger partial charge >= 0.3 is 0 Å². The Labute approximate surface area is 163 Å². The molecule has 0 unspecified atom stereocenters. The molecule has 1 spiro atoms. The minimum atomic E-state index is -0.473. The number of benzene rings is 1. The Morgan fingerprint density at radius 1 is 1.11 bits per heavy atom. The van der Waals surface area contributed by atoms with E-state index in [1.807, 2.05) is 35.2 Å². The summed E-state index contributed by atoms with van der Waals surface area (Å²) in [6.45, 7) is 3.19. The number of rotatable bonds is 4. The van der Waals surface area contributed by atoms with Gasteiger partial charge in [0.15, 0.2) is 5.79 Å². The van der Waals surface area contributed by atoms with Crippen LogP contribution in [0.25, 0.3) is 0 Å². The number of hydrogen-bond donors (Lipinski definition) is 1. The van der Waals surface area contributed by atoms with Crippen molar-refractivity contribution < 1.29 is 14.3 Å². The molecular formula is C20H22ClN3O3. The van der Waals surface area contributed by atoms with Crippen LogP contribution in [-0.2, 0) is 16.0 Å². The molecule has 1 amide bonds. The molecule has 1 aromatic carbocycles. The van der Waals surface area contributed by atoms with E-state index in [1.54, 1.807) is 12.3 Å². The van der Waals surface area contributed by atoms with Gasteiger partial charge in [-0.3, -0.25) is 4.79 Å². The van der Waals surface area contributed by atoms with Crippen molar-refractivity contribution >= 4 is 23.2 Å². The van der Waals surface area contributed by atoms with Gasteiger partial charge in [0, 0.05) is 37.5 Å². The second-order valence-electron chi connectivity index (χ2n) is 6.81. The van der Waals surface area contributed by atoms with Gasteiger partial charge in [-0.05, 0) is 29.8 Å². The van der Waals surface area contributed by atoms with Crippen molar-refractivity contribution in [1.82, 2.24) is 9.88 Å². The first-order valence-electron chi connectivity index (χ1n) is 9.15. The number of pyridine rings is 1. The van der Waals surface area contributed by atoms with Crippen LogP contribution in [-0.4, -0.2) is 47.9 Å². The van der Waals surface area contributed by atoms with Crippen LogP contribution in [0, 0.1) is 0 Å². The highest BCUT2D eigenvalue weighted by atomic mass is 35.5. The van der Waals surface area contributed by atoms with Gasteiger partial charge in [-0.15, -0.1) is 0 Å². The van der Waals surface area contributed by atoms with E-state index in [4.69, 9.17) is 21.1 Å². The highest BCUT2D eigenvalue weighted by Gasteiger charge is 2.40. The lowest BCUT2D eigenvalue weighted by Crippen LogP contribution is -2.47. The predicted molar refractivity (Wildman–Crippen MR) is 103 cm³/mol. The van der Waals surface area contributed by atoms with Crippen LogP contribution in [0.2, 0.25) is 5.02 Å². The number of carbonyl (C=O) groups excluding carboxylic acids is 1. The summed E-state index contributed by atoms with van der Waals surface area (Å²) >= 11 is 5.89. The number of anilines is 1. The van der Waals surface area contributed by atoms with Crippen LogP contribution < -0.4 is 5.32 Å². The Hall–Kier alpha value is -2.15. The average Bonchev–Trinajstić information content (AvgIpc) is 3.16. The molecule has 2 fully saturated rings. The van der Waals surface area contributed by atoms with Crippen LogP contribution in [0.5, 0.6) is 0 Å². The number of nitrogens with one attached hydrogen (secondary N) is 1. The zero-order chi connectivity index (χ0) is 18.7. The number of amides is 1. The van der Waals surface area contributed by atoms with Crippen LogP contribution in [0.15, 0.2) is 42.6 Å². The highest BCUT2D eigenvalue weighted by molar-refractivity contribution is 6.30. The molecule has 6 nitrogen and oxygen atoms in total. The fraction of sp³-hybridized carbons (Fsp3) is 0.400. The van der Waals surface area contributed by atoms with Gasteiger partial charge in [-0.25, -0.2) is 4.98 Å². The lowest BCUT2D eigenvalue weighted by atomic mass is 10.0. The number of carbonyl (C=O) groups is 1. The molecule has 1 aromatic heterocycles. The molecule has 4 rings (SSSR count). The van der Waals surface area contributed by atoms with E-state index in [0.29, 0.717) is 51.4 Å². The van der Waals surface area contributed by atoms with Crippen LogP contribution in [0.1, 0.15) is 28.9 Å². The minimum absolute atomic E-state index is 0.0490. The SMILES string of the molecule is O=C(c1ccc(NCc2ccc(Cl)cc2)cn1)N1CCC2(CC1)OCCO2. The molecule has 2 saturated heterocycles. The Kier molecular flexibility index (Phi) is 5.29. The number of halogens is 1. The van der Waals surface area contributed by atoms with Crippen LogP contribution >= 0.6 is 11.6 Å². The third-order valence-electron chi connectivity index (χ3n) is 5.02. The number of nitrogens with zero attached hydrogens (tertiary/aromatic N) is 2. The summed E-state index contributed by atoms with van der Waals surface area (Å²) in [7, 11) is 0. The van der Waals surface area contributed by atoms with Gasteiger partial charge in [0.05, 0.1) is 25.1 Å². The molecular weight excluding hydrogens is 366 g/mol. The smallest absolute Gasteiger partial charge is 0.272 e. The van der Waals surface area contributed by atoms with Crippen molar-refractivity contribution in [3.05, 3.63) is 58.9 Å². The van der Waals surface area contributed by atoms with Crippen molar-refractivity contribution in [2.45, 2.75) is 25.2 Å². The lowest BCUT2D eigenvalue weighted by molar-refractivity contribution is -0.181. The monoisotopic (exact) mass is 387 g/mol. The Balaban J connectivity index is 1.31. The van der Waals surface area contributed by atoms with Gasteiger partial charge < -0.3 is 19.7 Å². The van der Waals surface area contributed by atoms with Gasteiger partial charge in [0.25, 0.3) is 5.91 Å². The van der Waals surface area contributed by atoms with Crippen molar-refractivity contribution in [3.63, 3.8) is 0 Å². The first-order valence-corrected chi connectivity index (χ1v) is 9.53. The van der Waals surface area contributed by atoms with Crippen LogP contribution in [0.3, 0.4) is 0 Å². The van der Waals surface area contributed by atoms with E-state index in [9.17, 15) is 4.79 Å². The summed E-state index contributed by atoms with van der Waals surface area (Å²) in [6, 6.07) is 11.3. The number of ether oxygens (including phenoxy) is 2. The van der Waals surface area contributed by atoms with Gasteiger partial charge in [-0.1, -0.05) is 23.7 Å². The maximum atomic E-state index is 12.7. The molecule has 2 aliphatic heterocycles. The maximum Gasteiger partial charge on any atom is 0.272 e. The van der Waals surface area contributed by atoms with E-state index in [2.05, 4.69) is 10.3 Å². The van der Waals surface area contributed by atoms with Crippen LogP contribution in [0.4, 0.5) is 5.69 Å². The molecule has 1 N–H and O–H groups in total. The zero-order valence-electron chi connectivity index (χ0n) is 15.0. The second-order valence-corrected chi connectivity index (χ2v) is 7.25. The Morgan fingerprint density at radius 2 is 1.81 bits per heavy atom. The number of aromatic nitrogens is 1. The fourth-order valence-corrected chi connectivity index (χ4v) is 3.56. The van der Waals surface area contributed by atoms with Crippen molar-refractivity contribution in [2.24, 2.45) is 0 Å². The number of hydrogen-bond acceptors (Lipinski definition) is 5. The van der Waals surface area contributed by atoms with E-state index in [0.717, 1.165) is 16.3 Å². The third-order valence-corrected chi connectivity index (χ3v) is 5.27. The summed E-state index contributed by atoms with van der Waals surface area (Å²) in [5, 5.41) is 4.02. The quantitative estimate of drug-likeness (QED) is 0.871. The number of piperidine rings is 1. The topological polar surface area (TPSA) is 63.7 Å². The van der Waals surface area contributed by atoms with Gasteiger partial charge in [-0.2, -0.15) is 0 Å². The lowest BCUT2D eigenvalue weighted by Gasteiger charge is -2.37. The molecule has 0 bridgehead atoms. The van der Waals surface area contributed by atoms with Gasteiger partial charge in [0.1, 0.15) is 5.69 Å². The summed E-state index contributed by atoms with van der Waals surface area (Å²) in [6.07, 6.45) is 3.11. The van der Waals surface area contributed by atoms with E-state index >= 15 is 0 Å². The average molecular weight is 388 g/mol. The van der Waals surface area contributed by atoms with E-state index in [-0.39, 0.29) is 5.91 Å². The first kappa shape index (κ1) is 18.2. The first-order chi connectivity index (χ1) is 13.1. The molecule has 7 heteroatoms. The normalized spacial score (nSPS) is 18.6. The van der Waals surface area contributed by atoms with Crippen molar-refractivity contribution in [1.29, 1.82) is 0 Å². The maximum absolute atomic E-state index is 12.7. The standard InChI is InChI=1S/C20H22ClN3O3/c21-16-3-1-15(2-4-16)13-22-17-5-6-18(23-14-17)19(25)24-9-7-20(8-10-24)26-11-12-27-20/h1-6,14,22H,7-13H2.